The van der Waals surface area contributed by atoms with Crippen molar-refractivity contribution >= 4 is 5.91 Å². The molecular formula is C17H14FN5O. The van der Waals surface area contributed by atoms with E-state index in [4.69, 9.17) is 0 Å². The normalized spacial score (nSPS) is 13.7. The number of rotatable bonds is 4. The summed E-state index contributed by atoms with van der Waals surface area (Å²) >= 11 is 0. The molecule has 0 radical (unpaired) electrons. The van der Waals surface area contributed by atoms with Gasteiger partial charge in [-0.15, -0.1) is 5.10 Å². The Labute approximate surface area is 137 Å². The highest BCUT2D eigenvalue weighted by Gasteiger charge is 2.23. The van der Waals surface area contributed by atoms with Crippen molar-refractivity contribution < 1.29 is 9.18 Å². The first-order chi connectivity index (χ1) is 11.7. The third kappa shape index (κ3) is 2.88. The summed E-state index contributed by atoms with van der Waals surface area (Å²) in [6, 6.07) is 8.93. The third-order valence-corrected chi connectivity index (χ3v) is 3.83. The number of carbonyl (C=O) groups is 1. The van der Waals surface area contributed by atoms with Crippen LogP contribution in [0.1, 0.15) is 23.2 Å². The van der Waals surface area contributed by atoms with Crippen molar-refractivity contribution in [2.45, 2.75) is 18.9 Å². The van der Waals surface area contributed by atoms with Crippen molar-refractivity contribution in [1.82, 2.24) is 25.3 Å². The average Bonchev–Trinajstić information content (AvgIpc) is 3.28. The molecule has 7 heteroatoms. The van der Waals surface area contributed by atoms with Crippen LogP contribution in [0.5, 0.6) is 0 Å². The van der Waals surface area contributed by atoms with Gasteiger partial charge < -0.3 is 5.32 Å². The lowest BCUT2D eigenvalue weighted by atomic mass is 10.2. The van der Waals surface area contributed by atoms with Gasteiger partial charge in [0, 0.05) is 23.4 Å². The Morgan fingerprint density at radius 3 is 2.96 bits per heavy atom. The van der Waals surface area contributed by atoms with Crippen LogP contribution in [-0.2, 0) is 0 Å². The second-order valence-electron chi connectivity index (χ2n) is 5.70. The van der Waals surface area contributed by atoms with Gasteiger partial charge in [0.05, 0.1) is 18.1 Å². The zero-order valence-corrected chi connectivity index (χ0v) is 12.7. The van der Waals surface area contributed by atoms with E-state index in [1.165, 1.54) is 10.9 Å². The molecular weight excluding hydrogens is 309 g/mol. The van der Waals surface area contributed by atoms with E-state index in [2.05, 4.69) is 20.6 Å². The molecule has 1 fully saturated rings. The Balaban J connectivity index is 1.62. The highest BCUT2D eigenvalue weighted by molar-refractivity contribution is 5.95. The molecule has 4 rings (SSSR count). The predicted octanol–water partition coefficient (Wildman–Crippen LogP) is 2.36. The minimum Gasteiger partial charge on any atom is -0.349 e. The molecule has 1 aliphatic carbocycles. The molecule has 2 heterocycles. The molecule has 24 heavy (non-hydrogen) atoms. The molecule has 1 N–H and O–H groups in total. The second-order valence-corrected chi connectivity index (χ2v) is 5.70. The first-order valence-corrected chi connectivity index (χ1v) is 7.64. The van der Waals surface area contributed by atoms with Gasteiger partial charge in [-0.2, -0.15) is 0 Å². The summed E-state index contributed by atoms with van der Waals surface area (Å²) in [5.41, 5.74) is 1.99. The Hall–Kier alpha value is -3.09. The maximum Gasteiger partial charge on any atom is 0.251 e. The number of halogens is 1. The van der Waals surface area contributed by atoms with Crippen molar-refractivity contribution in [2.75, 3.05) is 0 Å². The summed E-state index contributed by atoms with van der Waals surface area (Å²) in [4.78, 5) is 15.9. The van der Waals surface area contributed by atoms with Crippen molar-refractivity contribution in [3.05, 3.63) is 60.3 Å². The smallest absolute Gasteiger partial charge is 0.251 e. The number of pyridine rings is 1. The van der Waals surface area contributed by atoms with E-state index >= 15 is 0 Å². The minimum atomic E-state index is -0.456. The summed E-state index contributed by atoms with van der Waals surface area (Å²) in [6.45, 7) is 0. The molecule has 0 unspecified atom stereocenters. The molecule has 1 aromatic carbocycles. The van der Waals surface area contributed by atoms with E-state index in [9.17, 15) is 9.18 Å². The van der Waals surface area contributed by atoms with Crippen LogP contribution in [0.25, 0.3) is 16.9 Å². The molecule has 1 saturated carbocycles. The zero-order chi connectivity index (χ0) is 16.5. The fourth-order valence-corrected chi connectivity index (χ4v) is 2.38. The highest BCUT2D eigenvalue weighted by atomic mass is 19.1. The Bertz CT molecular complexity index is 903. The summed E-state index contributed by atoms with van der Waals surface area (Å²) in [7, 11) is 0. The summed E-state index contributed by atoms with van der Waals surface area (Å²) in [6.07, 6.45) is 6.33. The quantitative estimate of drug-likeness (QED) is 0.800. The van der Waals surface area contributed by atoms with E-state index in [-0.39, 0.29) is 5.91 Å². The fourth-order valence-electron chi connectivity index (χ4n) is 2.38. The number of carbonyl (C=O) groups excluding carboxylic acids is 1. The number of hydrogen-bond donors (Lipinski definition) is 1. The lowest BCUT2D eigenvalue weighted by Gasteiger charge is -2.05. The van der Waals surface area contributed by atoms with Crippen molar-refractivity contribution in [2.24, 2.45) is 0 Å². The van der Waals surface area contributed by atoms with Gasteiger partial charge in [-0.25, -0.2) is 9.07 Å². The van der Waals surface area contributed by atoms with Crippen LogP contribution in [0, 0.1) is 5.82 Å². The van der Waals surface area contributed by atoms with Crippen LogP contribution in [-0.4, -0.2) is 31.9 Å². The van der Waals surface area contributed by atoms with Crippen molar-refractivity contribution in [1.29, 1.82) is 0 Å². The maximum absolute atomic E-state index is 13.8. The molecule has 0 aliphatic heterocycles. The average molecular weight is 323 g/mol. The third-order valence-electron chi connectivity index (χ3n) is 3.83. The maximum atomic E-state index is 13.8. The van der Waals surface area contributed by atoms with Gasteiger partial charge in [0.2, 0.25) is 0 Å². The number of nitrogens with zero attached hydrogens (tertiary/aromatic N) is 4. The number of benzene rings is 1. The van der Waals surface area contributed by atoms with Crippen LogP contribution in [0.2, 0.25) is 0 Å². The molecule has 120 valence electrons. The molecule has 1 amide bonds. The predicted molar refractivity (Wildman–Crippen MR) is 85.0 cm³/mol. The van der Waals surface area contributed by atoms with Crippen LogP contribution >= 0.6 is 0 Å². The topological polar surface area (TPSA) is 72.7 Å². The Kier molecular flexibility index (Phi) is 3.53. The van der Waals surface area contributed by atoms with Crippen LogP contribution in [0.3, 0.4) is 0 Å². The molecule has 0 atom stereocenters. The second kappa shape index (κ2) is 5.84. The summed E-state index contributed by atoms with van der Waals surface area (Å²) in [5.74, 6) is -0.554. The van der Waals surface area contributed by atoms with Crippen LogP contribution < -0.4 is 5.32 Å². The van der Waals surface area contributed by atoms with Gasteiger partial charge in [0.15, 0.2) is 5.82 Å². The minimum absolute atomic E-state index is 0.0973. The Morgan fingerprint density at radius 2 is 2.17 bits per heavy atom. The van der Waals surface area contributed by atoms with E-state index in [1.807, 2.05) is 6.07 Å². The lowest BCUT2D eigenvalue weighted by Crippen LogP contribution is -2.25. The van der Waals surface area contributed by atoms with E-state index in [1.54, 1.807) is 30.5 Å². The molecule has 3 aromatic rings. The van der Waals surface area contributed by atoms with Gasteiger partial charge in [0.1, 0.15) is 5.69 Å². The van der Waals surface area contributed by atoms with E-state index in [0.29, 0.717) is 28.6 Å². The molecule has 0 spiro atoms. The Morgan fingerprint density at radius 1 is 1.29 bits per heavy atom. The van der Waals surface area contributed by atoms with Gasteiger partial charge in [0.25, 0.3) is 5.91 Å². The zero-order valence-electron chi connectivity index (χ0n) is 12.7. The van der Waals surface area contributed by atoms with Gasteiger partial charge in [-0.3, -0.25) is 9.78 Å². The molecule has 0 bridgehead atoms. The van der Waals surface area contributed by atoms with Gasteiger partial charge in [-0.05, 0) is 37.1 Å². The van der Waals surface area contributed by atoms with Crippen LogP contribution in [0.15, 0.2) is 48.9 Å². The lowest BCUT2D eigenvalue weighted by molar-refractivity contribution is 0.0951. The molecule has 2 aromatic heterocycles. The molecule has 6 nitrogen and oxygen atoms in total. The SMILES string of the molecule is O=C(NC1CC1)c1cccc(-n2cc(-c3ccncc3F)nn2)c1. The van der Waals surface area contributed by atoms with Crippen molar-refractivity contribution in [3.63, 3.8) is 0 Å². The number of amides is 1. The van der Waals surface area contributed by atoms with Gasteiger partial charge >= 0.3 is 0 Å². The summed E-state index contributed by atoms with van der Waals surface area (Å²) in [5, 5.41) is 11.0. The standard InChI is InChI=1S/C17H14FN5O/c18-15-9-19-7-6-14(15)16-10-23(22-21-16)13-3-1-2-11(8-13)17(24)20-12-4-5-12/h1-3,6-10,12H,4-5H2,(H,20,24). The van der Waals surface area contributed by atoms with E-state index < -0.39 is 5.82 Å². The first-order valence-electron chi connectivity index (χ1n) is 7.64. The number of aromatic nitrogens is 4. The number of hydrogen-bond acceptors (Lipinski definition) is 4. The van der Waals surface area contributed by atoms with E-state index in [0.717, 1.165) is 19.0 Å². The molecule has 1 aliphatic rings. The monoisotopic (exact) mass is 323 g/mol. The summed E-state index contributed by atoms with van der Waals surface area (Å²) < 4.78 is 15.3. The van der Waals surface area contributed by atoms with Gasteiger partial charge in [-0.1, -0.05) is 11.3 Å². The van der Waals surface area contributed by atoms with Crippen molar-refractivity contribution in [3.8, 4) is 16.9 Å². The number of nitrogens with one attached hydrogen (secondary N) is 1. The fraction of sp³-hybridized carbons (Fsp3) is 0.176. The van der Waals surface area contributed by atoms with Crippen LogP contribution in [0.4, 0.5) is 4.39 Å². The highest BCUT2D eigenvalue weighted by Crippen LogP contribution is 2.21. The molecule has 0 saturated heterocycles. The first kappa shape index (κ1) is 14.5. The largest absolute Gasteiger partial charge is 0.349 e.